The average molecular weight is 307 g/mol. The van der Waals surface area contributed by atoms with Crippen LogP contribution in [0.3, 0.4) is 0 Å². The van der Waals surface area contributed by atoms with Crippen LogP contribution >= 0.6 is 0 Å². The van der Waals surface area contributed by atoms with Crippen LogP contribution in [0.5, 0.6) is 5.75 Å². The number of hydrogen-bond acceptors (Lipinski definition) is 5. The number of carbonyl (C=O) groups is 3. The summed E-state index contributed by atoms with van der Waals surface area (Å²) in [6.45, 7) is 1.55. The first kappa shape index (κ1) is 17.7. The van der Waals surface area contributed by atoms with Gasteiger partial charge in [-0.2, -0.15) is 0 Å². The van der Waals surface area contributed by atoms with Gasteiger partial charge in [0.05, 0.1) is 14.2 Å². The summed E-state index contributed by atoms with van der Waals surface area (Å²) in [5.74, 6) is -0.118. The highest BCUT2D eigenvalue weighted by Crippen LogP contribution is 2.13. The second kappa shape index (κ2) is 8.81. The van der Waals surface area contributed by atoms with Crippen LogP contribution in [0.4, 0.5) is 0 Å². The smallest absolute Gasteiger partial charge is 0.328 e. The molecule has 0 heterocycles. The molecule has 1 amide bonds. The highest BCUT2D eigenvalue weighted by molar-refractivity contribution is 5.96. The predicted molar refractivity (Wildman–Crippen MR) is 80.8 cm³/mol. The van der Waals surface area contributed by atoms with Crippen molar-refractivity contribution in [1.82, 2.24) is 5.32 Å². The lowest BCUT2D eigenvalue weighted by Crippen LogP contribution is -2.39. The fraction of sp³-hybridized carbons (Fsp3) is 0.438. The van der Waals surface area contributed by atoms with Crippen molar-refractivity contribution in [3.63, 3.8) is 0 Å². The standard InChI is InChI=1S/C16H21NO5/c1-11(16(20)22-3)17-15(19)6-4-5-14(18)12-7-9-13(21-2)10-8-12/h7-11H,4-6H2,1-3H3,(H,17,19)/t11-/m0/s1. The van der Waals surface area contributed by atoms with Crippen molar-refractivity contribution in [1.29, 1.82) is 0 Å². The molecule has 1 rings (SSSR count). The molecular formula is C16H21NO5. The van der Waals surface area contributed by atoms with Gasteiger partial charge < -0.3 is 14.8 Å². The van der Waals surface area contributed by atoms with Gasteiger partial charge in [0, 0.05) is 18.4 Å². The van der Waals surface area contributed by atoms with Crippen LogP contribution in [0.1, 0.15) is 36.5 Å². The van der Waals surface area contributed by atoms with Gasteiger partial charge in [0.25, 0.3) is 0 Å². The molecule has 0 aliphatic carbocycles. The molecule has 6 heteroatoms. The van der Waals surface area contributed by atoms with Crippen molar-refractivity contribution in [2.45, 2.75) is 32.2 Å². The van der Waals surface area contributed by atoms with Crippen molar-refractivity contribution in [2.24, 2.45) is 0 Å². The van der Waals surface area contributed by atoms with Gasteiger partial charge in [0.2, 0.25) is 5.91 Å². The van der Waals surface area contributed by atoms with E-state index in [2.05, 4.69) is 10.1 Å². The Morgan fingerprint density at radius 1 is 1.09 bits per heavy atom. The highest BCUT2D eigenvalue weighted by Gasteiger charge is 2.15. The maximum absolute atomic E-state index is 12.0. The van der Waals surface area contributed by atoms with E-state index in [1.54, 1.807) is 38.3 Å². The summed E-state index contributed by atoms with van der Waals surface area (Å²) in [6.07, 6.45) is 0.875. The Hall–Kier alpha value is -2.37. The molecule has 0 aliphatic rings. The van der Waals surface area contributed by atoms with Gasteiger partial charge in [-0.3, -0.25) is 9.59 Å². The minimum Gasteiger partial charge on any atom is -0.497 e. The van der Waals surface area contributed by atoms with Crippen molar-refractivity contribution >= 4 is 17.7 Å². The number of benzene rings is 1. The molecule has 1 N–H and O–H groups in total. The van der Waals surface area contributed by atoms with Crippen molar-refractivity contribution in [2.75, 3.05) is 14.2 Å². The number of carbonyl (C=O) groups excluding carboxylic acids is 3. The first-order chi connectivity index (χ1) is 10.5. The lowest BCUT2D eigenvalue weighted by molar-refractivity contribution is -0.144. The van der Waals surface area contributed by atoms with Gasteiger partial charge >= 0.3 is 5.97 Å². The van der Waals surface area contributed by atoms with E-state index in [0.717, 1.165) is 0 Å². The molecule has 0 unspecified atom stereocenters. The number of ketones is 1. The van der Waals surface area contributed by atoms with Crippen LogP contribution in [0.2, 0.25) is 0 Å². The zero-order valence-corrected chi connectivity index (χ0v) is 13.0. The van der Waals surface area contributed by atoms with Crippen LogP contribution in [-0.4, -0.2) is 37.9 Å². The average Bonchev–Trinajstić information content (AvgIpc) is 2.53. The van der Waals surface area contributed by atoms with E-state index in [9.17, 15) is 14.4 Å². The fourth-order valence-electron chi connectivity index (χ4n) is 1.88. The maximum Gasteiger partial charge on any atom is 0.328 e. The summed E-state index contributed by atoms with van der Waals surface area (Å²) in [4.78, 5) is 34.7. The third-order valence-corrected chi connectivity index (χ3v) is 3.15. The third kappa shape index (κ3) is 5.55. The number of amides is 1. The molecule has 0 spiro atoms. The van der Waals surface area contributed by atoms with Gasteiger partial charge in [-0.1, -0.05) is 0 Å². The van der Waals surface area contributed by atoms with Crippen LogP contribution in [0.25, 0.3) is 0 Å². The molecule has 1 aromatic rings. The van der Waals surface area contributed by atoms with Crippen molar-refractivity contribution in [3.8, 4) is 5.75 Å². The van der Waals surface area contributed by atoms with Crippen LogP contribution in [-0.2, 0) is 14.3 Å². The van der Waals surface area contributed by atoms with E-state index < -0.39 is 12.0 Å². The Morgan fingerprint density at radius 3 is 2.27 bits per heavy atom. The van der Waals surface area contributed by atoms with E-state index in [-0.39, 0.29) is 24.5 Å². The molecule has 1 aromatic carbocycles. The summed E-state index contributed by atoms with van der Waals surface area (Å²) in [7, 11) is 2.82. The molecule has 0 saturated carbocycles. The van der Waals surface area contributed by atoms with Gasteiger partial charge in [-0.05, 0) is 37.6 Å². The summed E-state index contributed by atoms with van der Waals surface area (Å²) in [5, 5.41) is 2.52. The zero-order valence-electron chi connectivity index (χ0n) is 13.0. The quantitative estimate of drug-likeness (QED) is 0.584. The number of rotatable bonds is 8. The van der Waals surface area contributed by atoms with Crippen molar-refractivity contribution < 1.29 is 23.9 Å². The predicted octanol–water partition coefficient (Wildman–Crippen LogP) is 1.73. The normalized spacial score (nSPS) is 11.4. The monoisotopic (exact) mass is 307 g/mol. The van der Waals surface area contributed by atoms with Gasteiger partial charge in [0.15, 0.2) is 5.78 Å². The molecule has 120 valence electrons. The lowest BCUT2D eigenvalue weighted by Gasteiger charge is -2.11. The number of ether oxygens (including phenoxy) is 2. The molecule has 1 atom stereocenters. The highest BCUT2D eigenvalue weighted by atomic mass is 16.5. The van der Waals surface area contributed by atoms with Gasteiger partial charge in [-0.15, -0.1) is 0 Å². The van der Waals surface area contributed by atoms with Crippen LogP contribution in [0.15, 0.2) is 24.3 Å². The molecule has 0 fully saturated rings. The van der Waals surface area contributed by atoms with E-state index in [1.807, 2.05) is 0 Å². The molecule has 0 aromatic heterocycles. The molecule has 0 bridgehead atoms. The first-order valence-corrected chi connectivity index (χ1v) is 7.02. The van der Waals surface area contributed by atoms with Gasteiger partial charge in [-0.25, -0.2) is 4.79 Å². The number of methoxy groups -OCH3 is 2. The summed E-state index contributed by atoms with van der Waals surface area (Å²) in [5.41, 5.74) is 0.587. The molecule has 6 nitrogen and oxygen atoms in total. The summed E-state index contributed by atoms with van der Waals surface area (Å²) < 4.78 is 9.54. The lowest BCUT2D eigenvalue weighted by atomic mass is 10.1. The van der Waals surface area contributed by atoms with Crippen molar-refractivity contribution in [3.05, 3.63) is 29.8 Å². The van der Waals surface area contributed by atoms with Gasteiger partial charge in [0.1, 0.15) is 11.8 Å². The second-order valence-electron chi connectivity index (χ2n) is 4.82. The number of nitrogens with one attached hydrogen (secondary N) is 1. The largest absolute Gasteiger partial charge is 0.497 e. The Balaban J connectivity index is 2.35. The summed E-state index contributed by atoms with van der Waals surface area (Å²) >= 11 is 0. The topological polar surface area (TPSA) is 81.7 Å². The fourth-order valence-corrected chi connectivity index (χ4v) is 1.88. The number of esters is 1. The summed E-state index contributed by atoms with van der Waals surface area (Å²) in [6, 6.07) is 6.15. The molecule has 0 saturated heterocycles. The Labute approximate surface area is 129 Å². The van der Waals surface area contributed by atoms with E-state index >= 15 is 0 Å². The van der Waals surface area contributed by atoms with E-state index in [4.69, 9.17) is 4.74 Å². The Kier molecular flexibility index (Phi) is 7.08. The van der Waals surface area contributed by atoms with E-state index in [1.165, 1.54) is 7.11 Å². The number of Topliss-reactive ketones (excluding diaryl/α,β-unsaturated/α-hetero) is 1. The Morgan fingerprint density at radius 2 is 1.73 bits per heavy atom. The SMILES string of the molecule is COC(=O)[C@H](C)NC(=O)CCCC(=O)c1ccc(OC)cc1. The first-order valence-electron chi connectivity index (χ1n) is 7.02. The minimum absolute atomic E-state index is 0.0310. The minimum atomic E-state index is -0.685. The third-order valence-electron chi connectivity index (χ3n) is 3.15. The van der Waals surface area contributed by atoms with Crippen LogP contribution < -0.4 is 10.1 Å². The number of hydrogen-bond donors (Lipinski definition) is 1. The Bertz CT molecular complexity index is 524. The second-order valence-corrected chi connectivity index (χ2v) is 4.82. The zero-order chi connectivity index (χ0) is 16.5. The van der Waals surface area contributed by atoms with E-state index in [0.29, 0.717) is 17.7 Å². The molecular weight excluding hydrogens is 286 g/mol. The molecule has 22 heavy (non-hydrogen) atoms. The van der Waals surface area contributed by atoms with Crippen LogP contribution in [0, 0.1) is 0 Å². The molecule has 0 aliphatic heterocycles. The maximum atomic E-state index is 12.0. The molecule has 0 radical (unpaired) electrons.